The molecule has 2 atom stereocenters. The highest BCUT2D eigenvalue weighted by Crippen LogP contribution is 2.19. The molecule has 0 aromatic carbocycles. The molecule has 1 heteroatoms. The third-order valence-electron chi connectivity index (χ3n) is 2.83. The first-order valence-corrected chi connectivity index (χ1v) is 5.94. The second-order valence-corrected chi connectivity index (χ2v) is 4.02. The molecule has 0 heterocycles. The fourth-order valence-corrected chi connectivity index (χ4v) is 1.88. The molecule has 0 aromatic rings. The molecule has 2 unspecified atom stereocenters. The smallest absolute Gasteiger partial charge is 0.0568 e. The van der Waals surface area contributed by atoms with Gasteiger partial charge in [-0.05, 0) is 18.8 Å². The Kier molecular flexibility index (Phi) is 8.53. The van der Waals surface area contributed by atoms with Crippen molar-refractivity contribution in [2.75, 3.05) is 0 Å². The molecular formula is C12H26O. The molecular weight excluding hydrogens is 160 g/mol. The molecule has 1 nitrogen and oxygen atoms in total. The molecule has 0 rings (SSSR count). The van der Waals surface area contributed by atoms with Gasteiger partial charge in [-0.2, -0.15) is 0 Å². The van der Waals surface area contributed by atoms with E-state index in [9.17, 15) is 5.11 Å². The lowest BCUT2D eigenvalue weighted by Gasteiger charge is -2.20. The van der Waals surface area contributed by atoms with E-state index in [0.717, 1.165) is 12.8 Å². The lowest BCUT2D eigenvalue weighted by Crippen LogP contribution is -2.19. The van der Waals surface area contributed by atoms with Crippen LogP contribution in [-0.4, -0.2) is 11.2 Å². The first-order chi connectivity index (χ1) is 6.26. The lowest BCUT2D eigenvalue weighted by molar-refractivity contribution is 0.0885. The van der Waals surface area contributed by atoms with E-state index in [1.165, 1.54) is 32.1 Å². The third kappa shape index (κ3) is 6.09. The summed E-state index contributed by atoms with van der Waals surface area (Å²) in [5.41, 5.74) is 0. The second kappa shape index (κ2) is 8.55. The highest BCUT2D eigenvalue weighted by atomic mass is 16.3. The molecule has 0 aliphatic heterocycles. The van der Waals surface area contributed by atoms with E-state index in [2.05, 4.69) is 20.8 Å². The van der Waals surface area contributed by atoms with Crippen molar-refractivity contribution in [3.8, 4) is 0 Å². The molecule has 0 radical (unpaired) electrons. The number of unbranched alkanes of at least 4 members (excludes halogenated alkanes) is 2. The van der Waals surface area contributed by atoms with Crippen molar-refractivity contribution in [1.29, 1.82) is 0 Å². The van der Waals surface area contributed by atoms with Gasteiger partial charge in [-0.25, -0.2) is 0 Å². The van der Waals surface area contributed by atoms with E-state index in [1.54, 1.807) is 0 Å². The summed E-state index contributed by atoms with van der Waals surface area (Å²) in [6.45, 7) is 6.58. The minimum atomic E-state index is -0.0449. The number of rotatable bonds is 8. The van der Waals surface area contributed by atoms with E-state index in [1.807, 2.05) is 0 Å². The molecule has 0 fully saturated rings. The minimum Gasteiger partial charge on any atom is -0.393 e. The Morgan fingerprint density at radius 3 is 2.08 bits per heavy atom. The zero-order valence-electron chi connectivity index (χ0n) is 9.55. The van der Waals surface area contributed by atoms with Crippen molar-refractivity contribution in [3.05, 3.63) is 0 Å². The third-order valence-corrected chi connectivity index (χ3v) is 2.83. The molecule has 1 N–H and O–H groups in total. The first-order valence-electron chi connectivity index (χ1n) is 5.94. The van der Waals surface area contributed by atoms with Crippen LogP contribution in [0.2, 0.25) is 0 Å². The van der Waals surface area contributed by atoms with E-state index >= 15 is 0 Å². The highest BCUT2D eigenvalue weighted by molar-refractivity contribution is 4.67. The predicted octanol–water partition coefficient (Wildman–Crippen LogP) is 3.75. The molecule has 0 bridgehead atoms. The van der Waals surface area contributed by atoms with Crippen LogP contribution in [-0.2, 0) is 0 Å². The lowest BCUT2D eigenvalue weighted by atomic mass is 9.91. The Morgan fingerprint density at radius 1 is 0.923 bits per heavy atom. The van der Waals surface area contributed by atoms with Gasteiger partial charge in [-0.15, -0.1) is 0 Å². The number of aliphatic hydroxyl groups is 1. The van der Waals surface area contributed by atoms with Crippen molar-refractivity contribution in [3.63, 3.8) is 0 Å². The molecule has 0 saturated carbocycles. The summed E-state index contributed by atoms with van der Waals surface area (Å²) in [4.78, 5) is 0. The van der Waals surface area contributed by atoms with Gasteiger partial charge >= 0.3 is 0 Å². The Morgan fingerprint density at radius 2 is 1.62 bits per heavy atom. The summed E-state index contributed by atoms with van der Waals surface area (Å²) in [6, 6.07) is 0. The Labute approximate surface area is 83.5 Å². The SMILES string of the molecule is CCCCCC(O)C(CC)CCC. The topological polar surface area (TPSA) is 20.2 Å². The fraction of sp³-hybridized carbons (Fsp3) is 1.00. The van der Waals surface area contributed by atoms with Crippen molar-refractivity contribution in [2.45, 2.75) is 71.8 Å². The molecule has 0 aliphatic rings. The standard InChI is InChI=1S/C12H26O/c1-4-7-8-10-12(13)11(6-3)9-5-2/h11-13H,4-10H2,1-3H3. The summed E-state index contributed by atoms with van der Waals surface area (Å²) in [7, 11) is 0. The summed E-state index contributed by atoms with van der Waals surface area (Å²) in [5.74, 6) is 0.543. The van der Waals surface area contributed by atoms with Crippen LogP contribution in [0.1, 0.15) is 65.7 Å². The second-order valence-electron chi connectivity index (χ2n) is 4.02. The van der Waals surface area contributed by atoms with Gasteiger partial charge in [0.25, 0.3) is 0 Å². The predicted molar refractivity (Wildman–Crippen MR) is 58.8 cm³/mol. The average molecular weight is 186 g/mol. The average Bonchev–Trinajstić information content (AvgIpc) is 2.14. The van der Waals surface area contributed by atoms with Crippen LogP contribution in [0.4, 0.5) is 0 Å². The van der Waals surface area contributed by atoms with Gasteiger partial charge in [-0.1, -0.05) is 52.9 Å². The molecule has 80 valence electrons. The fourth-order valence-electron chi connectivity index (χ4n) is 1.88. The van der Waals surface area contributed by atoms with E-state index in [-0.39, 0.29) is 6.10 Å². The maximum absolute atomic E-state index is 9.87. The first kappa shape index (κ1) is 13.0. The zero-order chi connectivity index (χ0) is 10.1. The maximum atomic E-state index is 9.87. The van der Waals surface area contributed by atoms with Crippen LogP contribution in [0.25, 0.3) is 0 Å². The highest BCUT2D eigenvalue weighted by Gasteiger charge is 2.15. The quantitative estimate of drug-likeness (QED) is 0.572. The van der Waals surface area contributed by atoms with Crippen LogP contribution >= 0.6 is 0 Å². The van der Waals surface area contributed by atoms with Gasteiger partial charge in [0.1, 0.15) is 0 Å². The Balaban J connectivity index is 3.57. The number of aliphatic hydroxyl groups excluding tert-OH is 1. The van der Waals surface area contributed by atoms with Crippen LogP contribution in [0.15, 0.2) is 0 Å². The van der Waals surface area contributed by atoms with Crippen molar-refractivity contribution < 1.29 is 5.11 Å². The monoisotopic (exact) mass is 186 g/mol. The molecule has 0 spiro atoms. The maximum Gasteiger partial charge on any atom is 0.0568 e. The van der Waals surface area contributed by atoms with E-state index in [4.69, 9.17) is 0 Å². The van der Waals surface area contributed by atoms with Crippen molar-refractivity contribution in [1.82, 2.24) is 0 Å². The minimum absolute atomic E-state index is 0.0449. The summed E-state index contributed by atoms with van der Waals surface area (Å²) < 4.78 is 0. The largest absolute Gasteiger partial charge is 0.393 e. The molecule has 0 amide bonds. The van der Waals surface area contributed by atoms with Crippen LogP contribution in [0.3, 0.4) is 0 Å². The van der Waals surface area contributed by atoms with Gasteiger partial charge in [0.2, 0.25) is 0 Å². The zero-order valence-corrected chi connectivity index (χ0v) is 9.55. The van der Waals surface area contributed by atoms with Crippen molar-refractivity contribution in [2.24, 2.45) is 5.92 Å². The number of hydrogen-bond acceptors (Lipinski definition) is 1. The molecule has 0 saturated heterocycles. The normalized spacial score (nSPS) is 15.7. The Bertz CT molecular complexity index is 101. The number of hydrogen-bond donors (Lipinski definition) is 1. The van der Waals surface area contributed by atoms with Crippen LogP contribution in [0.5, 0.6) is 0 Å². The van der Waals surface area contributed by atoms with Gasteiger partial charge in [-0.3, -0.25) is 0 Å². The molecule has 0 aliphatic carbocycles. The molecule has 0 aromatic heterocycles. The van der Waals surface area contributed by atoms with Gasteiger partial charge in [0.15, 0.2) is 0 Å². The van der Waals surface area contributed by atoms with Gasteiger partial charge < -0.3 is 5.11 Å². The van der Waals surface area contributed by atoms with Crippen molar-refractivity contribution >= 4 is 0 Å². The van der Waals surface area contributed by atoms with Gasteiger partial charge in [0, 0.05) is 0 Å². The summed E-state index contributed by atoms with van der Waals surface area (Å²) in [6.07, 6.45) is 8.17. The van der Waals surface area contributed by atoms with Gasteiger partial charge in [0.05, 0.1) is 6.10 Å². The summed E-state index contributed by atoms with van der Waals surface area (Å²) >= 11 is 0. The van der Waals surface area contributed by atoms with E-state index < -0.39 is 0 Å². The van der Waals surface area contributed by atoms with E-state index in [0.29, 0.717) is 5.92 Å². The Hall–Kier alpha value is -0.0400. The van der Waals surface area contributed by atoms with Crippen LogP contribution in [0, 0.1) is 5.92 Å². The summed E-state index contributed by atoms with van der Waals surface area (Å²) in [5, 5.41) is 9.87. The van der Waals surface area contributed by atoms with Crippen LogP contribution < -0.4 is 0 Å². The molecule has 13 heavy (non-hydrogen) atoms.